The van der Waals surface area contributed by atoms with Crippen LogP contribution in [-0.2, 0) is 6.54 Å². The molecule has 1 aromatic carbocycles. The summed E-state index contributed by atoms with van der Waals surface area (Å²) in [7, 11) is 0. The van der Waals surface area contributed by atoms with E-state index in [0.717, 1.165) is 25.9 Å². The van der Waals surface area contributed by atoms with Crippen LogP contribution in [-0.4, -0.2) is 24.5 Å². The molecule has 1 heterocycles. The second-order valence-corrected chi connectivity index (χ2v) is 5.63. The van der Waals surface area contributed by atoms with Crippen molar-refractivity contribution in [1.82, 2.24) is 4.90 Å². The van der Waals surface area contributed by atoms with Gasteiger partial charge in [-0.25, -0.2) is 8.78 Å². The van der Waals surface area contributed by atoms with Gasteiger partial charge in [0, 0.05) is 12.1 Å². The van der Waals surface area contributed by atoms with Gasteiger partial charge in [-0.1, -0.05) is 0 Å². The topological polar surface area (TPSA) is 29.3 Å². The fourth-order valence-electron chi connectivity index (χ4n) is 2.32. The summed E-state index contributed by atoms with van der Waals surface area (Å²) in [5.74, 6) is -0.411. The third-order valence-corrected chi connectivity index (χ3v) is 4.17. The minimum Gasteiger partial charge on any atom is -0.330 e. The maximum absolute atomic E-state index is 13.8. The Balaban J connectivity index is 0.00000180. The normalized spacial score (nSPS) is 17.3. The monoisotopic (exact) mass is 354 g/mol. The second kappa shape index (κ2) is 7.53. The largest absolute Gasteiger partial charge is 0.330 e. The van der Waals surface area contributed by atoms with Crippen molar-refractivity contribution in [2.75, 3.05) is 19.6 Å². The first-order valence-corrected chi connectivity index (χ1v) is 6.96. The number of rotatable bonds is 3. The van der Waals surface area contributed by atoms with Crippen molar-refractivity contribution < 1.29 is 8.78 Å². The van der Waals surface area contributed by atoms with Crippen LogP contribution in [0.3, 0.4) is 0 Å². The molecule has 0 spiro atoms. The standard InChI is InChI=1S/C13H17BrF2N2.ClH/c14-11-1-2-12(15)10(13(11)16)8-18-5-3-9(7-17)4-6-18;/h1-2,9H,3-8,17H2;1H. The Hall–Kier alpha value is -0.230. The molecule has 0 bridgehead atoms. The molecule has 0 aliphatic carbocycles. The first-order chi connectivity index (χ1) is 8.61. The summed E-state index contributed by atoms with van der Waals surface area (Å²) in [6.07, 6.45) is 2.02. The highest BCUT2D eigenvalue weighted by molar-refractivity contribution is 9.10. The number of nitrogens with two attached hydrogens (primary N) is 1. The van der Waals surface area contributed by atoms with Gasteiger partial charge < -0.3 is 5.73 Å². The Morgan fingerprint density at radius 3 is 2.47 bits per heavy atom. The molecule has 108 valence electrons. The molecule has 1 saturated heterocycles. The van der Waals surface area contributed by atoms with Crippen LogP contribution in [0.15, 0.2) is 16.6 Å². The molecule has 1 aliphatic heterocycles. The average molecular weight is 356 g/mol. The predicted molar refractivity (Wildman–Crippen MR) is 78.4 cm³/mol. The van der Waals surface area contributed by atoms with Gasteiger partial charge in [0.2, 0.25) is 0 Å². The molecule has 19 heavy (non-hydrogen) atoms. The van der Waals surface area contributed by atoms with Crippen LogP contribution in [0.2, 0.25) is 0 Å². The van der Waals surface area contributed by atoms with E-state index in [-0.39, 0.29) is 18.0 Å². The van der Waals surface area contributed by atoms with Crippen molar-refractivity contribution in [3.63, 3.8) is 0 Å². The van der Waals surface area contributed by atoms with Crippen molar-refractivity contribution >= 4 is 28.3 Å². The predicted octanol–water partition coefficient (Wildman–Crippen LogP) is 3.32. The minimum absolute atomic E-state index is 0. The number of nitrogens with zero attached hydrogens (tertiary/aromatic N) is 1. The number of piperidine rings is 1. The number of hydrogen-bond acceptors (Lipinski definition) is 2. The molecule has 6 heteroatoms. The summed E-state index contributed by atoms with van der Waals surface area (Å²) in [6, 6.07) is 2.70. The summed E-state index contributed by atoms with van der Waals surface area (Å²) < 4.78 is 27.8. The zero-order chi connectivity index (χ0) is 13.1. The Kier molecular flexibility index (Phi) is 6.66. The van der Waals surface area contributed by atoms with Crippen LogP contribution in [0, 0.1) is 17.6 Å². The Bertz CT molecular complexity index is 423. The summed E-state index contributed by atoms with van der Waals surface area (Å²) in [5, 5.41) is 0. The molecule has 0 unspecified atom stereocenters. The molecule has 2 nitrogen and oxygen atoms in total. The molecular formula is C13H18BrClF2N2. The van der Waals surface area contributed by atoms with Crippen molar-refractivity contribution in [3.05, 3.63) is 33.8 Å². The molecule has 0 radical (unpaired) electrons. The highest BCUT2D eigenvalue weighted by Crippen LogP contribution is 2.24. The smallest absolute Gasteiger partial charge is 0.144 e. The summed E-state index contributed by atoms with van der Waals surface area (Å²) in [6.45, 7) is 2.74. The summed E-state index contributed by atoms with van der Waals surface area (Å²) >= 11 is 3.09. The molecule has 0 amide bonds. The van der Waals surface area contributed by atoms with E-state index in [1.165, 1.54) is 12.1 Å². The minimum atomic E-state index is -0.490. The fraction of sp³-hybridized carbons (Fsp3) is 0.538. The highest BCUT2D eigenvalue weighted by Gasteiger charge is 2.21. The SMILES string of the molecule is Cl.NCC1CCN(Cc2c(F)ccc(Br)c2F)CC1. The van der Waals surface area contributed by atoms with Crippen molar-refractivity contribution in [2.24, 2.45) is 11.7 Å². The van der Waals surface area contributed by atoms with E-state index in [2.05, 4.69) is 20.8 Å². The van der Waals surface area contributed by atoms with Gasteiger partial charge in [-0.3, -0.25) is 4.90 Å². The first-order valence-electron chi connectivity index (χ1n) is 6.16. The Morgan fingerprint density at radius 1 is 1.26 bits per heavy atom. The molecule has 0 atom stereocenters. The highest BCUT2D eigenvalue weighted by atomic mass is 79.9. The molecule has 0 aromatic heterocycles. The molecular weight excluding hydrogens is 338 g/mol. The van der Waals surface area contributed by atoms with Gasteiger partial charge in [-0.2, -0.15) is 0 Å². The Morgan fingerprint density at radius 2 is 1.89 bits per heavy atom. The lowest BCUT2D eigenvalue weighted by Crippen LogP contribution is -2.36. The van der Waals surface area contributed by atoms with E-state index in [1.54, 1.807) is 0 Å². The van der Waals surface area contributed by atoms with E-state index in [1.807, 2.05) is 0 Å². The van der Waals surface area contributed by atoms with E-state index >= 15 is 0 Å². The van der Waals surface area contributed by atoms with Crippen LogP contribution < -0.4 is 5.73 Å². The van der Waals surface area contributed by atoms with Crippen molar-refractivity contribution in [3.8, 4) is 0 Å². The van der Waals surface area contributed by atoms with Crippen LogP contribution >= 0.6 is 28.3 Å². The van der Waals surface area contributed by atoms with Gasteiger partial charge in [-0.05, 0) is 66.5 Å². The van der Waals surface area contributed by atoms with Gasteiger partial charge in [0.05, 0.1) is 4.47 Å². The third-order valence-electron chi connectivity index (χ3n) is 3.56. The van der Waals surface area contributed by atoms with Crippen LogP contribution in [0.25, 0.3) is 0 Å². The van der Waals surface area contributed by atoms with E-state index < -0.39 is 11.6 Å². The molecule has 1 aliphatic rings. The lowest BCUT2D eigenvalue weighted by molar-refractivity contribution is 0.176. The number of benzene rings is 1. The van der Waals surface area contributed by atoms with Gasteiger partial charge >= 0.3 is 0 Å². The third kappa shape index (κ3) is 4.12. The molecule has 1 aromatic rings. The van der Waals surface area contributed by atoms with E-state index in [9.17, 15) is 8.78 Å². The average Bonchev–Trinajstić information content (AvgIpc) is 2.40. The van der Waals surface area contributed by atoms with Crippen LogP contribution in [0.4, 0.5) is 8.78 Å². The lowest BCUT2D eigenvalue weighted by atomic mass is 9.97. The molecule has 2 rings (SSSR count). The van der Waals surface area contributed by atoms with Crippen molar-refractivity contribution in [1.29, 1.82) is 0 Å². The quantitative estimate of drug-likeness (QED) is 0.843. The molecule has 0 saturated carbocycles. The molecule has 2 N–H and O–H groups in total. The molecule has 1 fully saturated rings. The number of halogens is 4. The zero-order valence-electron chi connectivity index (χ0n) is 10.5. The Labute approximate surface area is 126 Å². The maximum atomic E-state index is 13.8. The van der Waals surface area contributed by atoms with Crippen LogP contribution in [0.5, 0.6) is 0 Å². The lowest BCUT2D eigenvalue weighted by Gasteiger charge is -2.31. The van der Waals surface area contributed by atoms with Gasteiger partial charge in [-0.15, -0.1) is 12.4 Å². The fourth-order valence-corrected chi connectivity index (χ4v) is 2.69. The maximum Gasteiger partial charge on any atom is 0.144 e. The van der Waals surface area contributed by atoms with E-state index in [4.69, 9.17) is 5.73 Å². The number of likely N-dealkylation sites (tertiary alicyclic amines) is 1. The van der Waals surface area contributed by atoms with Gasteiger partial charge in [0.1, 0.15) is 11.6 Å². The van der Waals surface area contributed by atoms with Crippen molar-refractivity contribution in [2.45, 2.75) is 19.4 Å². The summed E-state index contributed by atoms with van der Waals surface area (Å²) in [5.41, 5.74) is 5.77. The first kappa shape index (κ1) is 16.8. The van der Waals surface area contributed by atoms with Gasteiger partial charge in [0.25, 0.3) is 0 Å². The summed E-state index contributed by atoms with van der Waals surface area (Å²) in [4.78, 5) is 2.08. The number of hydrogen-bond donors (Lipinski definition) is 1. The zero-order valence-corrected chi connectivity index (χ0v) is 12.9. The van der Waals surface area contributed by atoms with Gasteiger partial charge in [0.15, 0.2) is 0 Å². The second-order valence-electron chi connectivity index (χ2n) is 4.78. The van der Waals surface area contributed by atoms with Crippen LogP contribution in [0.1, 0.15) is 18.4 Å². The van der Waals surface area contributed by atoms with E-state index in [0.29, 0.717) is 23.5 Å².